The van der Waals surface area contributed by atoms with Crippen LogP contribution < -0.4 is 16.7 Å². The molecule has 0 saturated carbocycles. The van der Waals surface area contributed by atoms with Crippen LogP contribution in [0.15, 0.2) is 39.9 Å². The molecule has 2 aliphatic heterocycles. The van der Waals surface area contributed by atoms with E-state index in [4.69, 9.17) is 5.73 Å². The van der Waals surface area contributed by atoms with E-state index in [9.17, 15) is 13.6 Å². The van der Waals surface area contributed by atoms with Gasteiger partial charge >= 0.3 is 0 Å². The van der Waals surface area contributed by atoms with Crippen LogP contribution in [0.4, 0.5) is 8.78 Å². The average molecular weight is 456 g/mol. The summed E-state index contributed by atoms with van der Waals surface area (Å²) in [5, 5.41) is 0. The summed E-state index contributed by atoms with van der Waals surface area (Å²) >= 11 is 0. The summed E-state index contributed by atoms with van der Waals surface area (Å²) in [6, 6.07) is 2.95. The highest BCUT2D eigenvalue weighted by atomic mass is 19.3. The monoisotopic (exact) mass is 455 g/mol. The Labute approximate surface area is 190 Å². The lowest BCUT2D eigenvalue weighted by Gasteiger charge is -2.40. The number of rotatable bonds is 5. The van der Waals surface area contributed by atoms with Crippen LogP contribution in [-0.4, -0.2) is 45.0 Å². The zero-order chi connectivity index (χ0) is 23.7. The fourth-order valence-electron chi connectivity index (χ4n) is 4.17. The van der Waals surface area contributed by atoms with Crippen molar-refractivity contribution in [3.05, 3.63) is 68.8 Å². The molecular formula is C23H27F2N7O. The first-order valence-corrected chi connectivity index (χ1v) is 10.8. The van der Waals surface area contributed by atoms with Gasteiger partial charge in [-0.3, -0.25) is 25.1 Å². The van der Waals surface area contributed by atoms with Gasteiger partial charge in [0.05, 0.1) is 0 Å². The molecule has 33 heavy (non-hydrogen) atoms. The minimum atomic E-state index is -2.80. The molecule has 0 radical (unpaired) electrons. The van der Waals surface area contributed by atoms with Crippen molar-refractivity contribution in [1.29, 1.82) is 0 Å². The molecule has 0 saturated heterocycles. The zero-order valence-electron chi connectivity index (χ0n) is 18.8. The lowest BCUT2D eigenvalue weighted by atomic mass is 9.98. The molecule has 2 aromatic heterocycles. The fourth-order valence-corrected chi connectivity index (χ4v) is 4.17. The number of nitrogens with two attached hydrogens (primary N) is 1. The molecule has 0 spiro atoms. The van der Waals surface area contributed by atoms with Gasteiger partial charge in [0, 0.05) is 67.6 Å². The molecule has 0 fully saturated rings. The molecule has 174 valence electrons. The number of aliphatic imine (C=N–C) groups is 1. The van der Waals surface area contributed by atoms with E-state index < -0.39 is 17.7 Å². The van der Waals surface area contributed by atoms with Crippen LogP contribution in [0.5, 0.6) is 0 Å². The predicted octanol–water partition coefficient (Wildman–Crippen LogP) is 2.70. The lowest BCUT2D eigenvalue weighted by Crippen LogP contribution is -2.52. The number of pyridine rings is 1. The molecular weight excluding hydrogens is 428 g/mol. The maximum absolute atomic E-state index is 13.2. The molecule has 0 amide bonds. The Hall–Kier alpha value is -3.40. The van der Waals surface area contributed by atoms with E-state index in [2.05, 4.69) is 31.4 Å². The molecule has 2 aliphatic rings. The second-order valence-electron chi connectivity index (χ2n) is 8.12. The molecule has 1 atom stereocenters. The van der Waals surface area contributed by atoms with Gasteiger partial charge in [0.15, 0.2) is 5.82 Å². The Bertz CT molecular complexity index is 1220. The van der Waals surface area contributed by atoms with E-state index in [-0.39, 0.29) is 12.0 Å². The highest BCUT2D eigenvalue weighted by molar-refractivity contribution is 6.09. The smallest absolute Gasteiger partial charge is 0.280 e. The van der Waals surface area contributed by atoms with Crippen LogP contribution in [0, 0.1) is 0 Å². The van der Waals surface area contributed by atoms with Crippen molar-refractivity contribution in [3.8, 4) is 0 Å². The minimum absolute atomic E-state index is 0.223. The molecule has 4 heterocycles. The molecule has 0 aliphatic carbocycles. The molecule has 2 aromatic rings. The van der Waals surface area contributed by atoms with E-state index in [0.29, 0.717) is 18.7 Å². The molecule has 0 bridgehead atoms. The van der Waals surface area contributed by atoms with Crippen molar-refractivity contribution in [2.45, 2.75) is 46.3 Å². The SMILES string of the molecule is CCN=C/C(=C\N)c1cnc2c(c1)CN(C1Nn3c(nc(C(F)F)cc3=O)C(C)=C1C)CC2. The summed E-state index contributed by atoms with van der Waals surface area (Å²) in [5.74, 6) is 0.223. The maximum atomic E-state index is 13.2. The number of allylic oxidation sites excluding steroid dienone is 2. The van der Waals surface area contributed by atoms with Crippen molar-refractivity contribution in [1.82, 2.24) is 19.5 Å². The first-order valence-electron chi connectivity index (χ1n) is 10.8. The lowest BCUT2D eigenvalue weighted by molar-refractivity contribution is 0.145. The standard InChI is InChI=1S/C23H27F2N7O/c1-4-27-10-17(9-26)15-7-16-12-31(6-5-18(16)28-11-15)23-14(3)13(2)22-29-19(21(24)25)8-20(33)32(22)30-23/h7-11,21,23,30H,4-6,12,26H2,1-3H3/b17-9+,27-10?. The molecule has 8 nitrogen and oxygen atoms in total. The van der Waals surface area contributed by atoms with Crippen molar-refractivity contribution in [3.63, 3.8) is 0 Å². The summed E-state index contributed by atoms with van der Waals surface area (Å²) < 4.78 is 27.6. The van der Waals surface area contributed by atoms with Gasteiger partial charge in [-0.25, -0.2) is 18.4 Å². The third-order valence-corrected chi connectivity index (χ3v) is 6.11. The Kier molecular flexibility index (Phi) is 6.37. The number of hydrogen-bond acceptors (Lipinski definition) is 7. The van der Waals surface area contributed by atoms with Crippen molar-refractivity contribution >= 4 is 17.4 Å². The van der Waals surface area contributed by atoms with Crippen molar-refractivity contribution < 1.29 is 8.78 Å². The highest BCUT2D eigenvalue weighted by Gasteiger charge is 2.32. The van der Waals surface area contributed by atoms with E-state index >= 15 is 0 Å². The summed E-state index contributed by atoms with van der Waals surface area (Å²) in [5.41, 5.74) is 13.3. The Morgan fingerprint density at radius 3 is 2.88 bits per heavy atom. The third-order valence-electron chi connectivity index (χ3n) is 6.11. The van der Waals surface area contributed by atoms with Crippen LogP contribution in [0.25, 0.3) is 11.1 Å². The predicted molar refractivity (Wildman–Crippen MR) is 124 cm³/mol. The van der Waals surface area contributed by atoms with Gasteiger partial charge in [-0.2, -0.15) is 0 Å². The largest absolute Gasteiger partial charge is 0.404 e. The maximum Gasteiger partial charge on any atom is 0.280 e. The first kappa shape index (κ1) is 22.8. The fraction of sp³-hybridized carbons (Fsp3) is 0.391. The van der Waals surface area contributed by atoms with Crippen LogP contribution in [0.2, 0.25) is 0 Å². The van der Waals surface area contributed by atoms with Gasteiger partial charge in [-0.15, -0.1) is 0 Å². The Balaban J connectivity index is 1.65. The number of nitrogens with one attached hydrogen (secondary N) is 1. The van der Waals surface area contributed by atoms with Gasteiger partial charge < -0.3 is 5.73 Å². The number of fused-ring (bicyclic) bond motifs is 2. The van der Waals surface area contributed by atoms with Crippen molar-refractivity contribution in [2.24, 2.45) is 10.7 Å². The zero-order valence-corrected chi connectivity index (χ0v) is 18.8. The molecule has 10 heteroatoms. The van der Waals surface area contributed by atoms with Gasteiger partial charge in [-0.05, 0) is 43.5 Å². The van der Waals surface area contributed by atoms with Crippen LogP contribution in [0.3, 0.4) is 0 Å². The summed E-state index contributed by atoms with van der Waals surface area (Å²) in [6.07, 6.45) is 2.74. The minimum Gasteiger partial charge on any atom is -0.404 e. The molecule has 0 aromatic carbocycles. The number of halogens is 2. The second-order valence-corrected chi connectivity index (χ2v) is 8.12. The van der Waals surface area contributed by atoms with E-state index in [0.717, 1.165) is 47.0 Å². The van der Waals surface area contributed by atoms with Gasteiger partial charge in [0.1, 0.15) is 11.9 Å². The van der Waals surface area contributed by atoms with Gasteiger partial charge in [0.2, 0.25) is 0 Å². The number of aromatic nitrogens is 3. The van der Waals surface area contributed by atoms with E-state index in [1.165, 1.54) is 10.9 Å². The van der Waals surface area contributed by atoms with Crippen LogP contribution in [0.1, 0.15) is 55.5 Å². The van der Waals surface area contributed by atoms with E-state index in [1.807, 2.05) is 20.0 Å². The second kappa shape index (κ2) is 9.22. The Morgan fingerprint density at radius 1 is 1.39 bits per heavy atom. The summed E-state index contributed by atoms with van der Waals surface area (Å²) in [6.45, 7) is 7.68. The number of nitrogens with zero attached hydrogens (tertiary/aromatic N) is 5. The topological polar surface area (TPSA) is 101 Å². The number of alkyl halides is 2. The van der Waals surface area contributed by atoms with Gasteiger partial charge in [0.25, 0.3) is 12.0 Å². The van der Waals surface area contributed by atoms with Crippen molar-refractivity contribution in [2.75, 3.05) is 18.5 Å². The first-order chi connectivity index (χ1) is 15.8. The van der Waals surface area contributed by atoms with Gasteiger partial charge in [-0.1, -0.05) is 0 Å². The molecule has 3 N–H and O–H groups in total. The quantitative estimate of drug-likeness (QED) is 0.673. The van der Waals surface area contributed by atoms with Crippen LogP contribution >= 0.6 is 0 Å². The van der Waals surface area contributed by atoms with E-state index in [1.54, 1.807) is 13.1 Å². The average Bonchev–Trinajstić information content (AvgIpc) is 2.81. The summed E-state index contributed by atoms with van der Waals surface area (Å²) in [4.78, 5) is 27.7. The highest BCUT2D eigenvalue weighted by Crippen LogP contribution is 2.29. The number of hydrogen-bond donors (Lipinski definition) is 2. The Morgan fingerprint density at radius 2 is 2.18 bits per heavy atom. The van der Waals surface area contributed by atoms with Crippen LogP contribution in [-0.2, 0) is 13.0 Å². The normalized spacial score (nSPS) is 19.1. The summed E-state index contributed by atoms with van der Waals surface area (Å²) in [7, 11) is 0. The molecule has 4 rings (SSSR count). The third kappa shape index (κ3) is 4.30. The molecule has 1 unspecified atom stereocenters.